The van der Waals surface area contributed by atoms with Crippen LogP contribution in [0.5, 0.6) is 11.5 Å². The van der Waals surface area contributed by atoms with Gasteiger partial charge in [-0.25, -0.2) is 0 Å². The average molecular weight is 249 g/mol. The monoisotopic (exact) mass is 249 g/mol. The Bertz CT molecular complexity index is 375. The summed E-state index contributed by atoms with van der Waals surface area (Å²) >= 11 is 0. The van der Waals surface area contributed by atoms with Gasteiger partial charge in [0.2, 0.25) is 0 Å². The fraction of sp³-hybridized carbons (Fsp3) is 0.600. The molecule has 0 saturated carbocycles. The lowest BCUT2D eigenvalue weighted by Crippen LogP contribution is -2.41. The van der Waals surface area contributed by atoms with E-state index < -0.39 is 0 Å². The van der Waals surface area contributed by atoms with Crippen LogP contribution in [0.2, 0.25) is 0 Å². The Kier molecular flexibility index (Phi) is 4.12. The molecule has 1 heterocycles. The van der Waals surface area contributed by atoms with E-state index in [1.54, 1.807) is 14.2 Å². The first-order valence-electron chi connectivity index (χ1n) is 6.68. The van der Waals surface area contributed by atoms with Gasteiger partial charge in [0.25, 0.3) is 0 Å². The molecule has 0 bridgehead atoms. The highest BCUT2D eigenvalue weighted by molar-refractivity contribution is 5.39. The summed E-state index contributed by atoms with van der Waals surface area (Å²) in [5, 5.41) is 3.66. The molecule has 1 atom stereocenters. The number of nitrogens with one attached hydrogen (secondary N) is 1. The Morgan fingerprint density at radius 3 is 2.28 bits per heavy atom. The SMILES string of the molecule is CCC1(Cc2cc(OC)cc(OC)c2)CCCN1. The Balaban J connectivity index is 2.21. The Morgan fingerprint density at radius 2 is 1.83 bits per heavy atom. The molecule has 18 heavy (non-hydrogen) atoms. The van der Waals surface area contributed by atoms with E-state index in [2.05, 4.69) is 24.4 Å². The molecule has 3 nitrogen and oxygen atoms in total. The van der Waals surface area contributed by atoms with Crippen molar-refractivity contribution in [2.75, 3.05) is 20.8 Å². The van der Waals surface area contributed by atoms with Crippen molar-refractivity contribution >= 4 is 0 Å². The maximum atomic E-state index is 5.33. The van der Waals surface area contributed by atoms with Crippen molar-refractivity contribution in [3.8, 4) is 11.5 Å². The van der Waals surface area contributed by atoms with E-state index in [0.29, 0.717) is 0 Å². The molecule has 1 aromatic rings. The van der Waals surface area contributed by atoms with Crippen LogP contribution < -0.4 is 14.8 Å². The van der Waals surface area contributed by atoms with Gasteiger partial charge in [-0.3, -0.25) is 0 Å². The predicted molar refractivity (Wildman–Crippen MR) is 73.5 cm³/mol. The normalized spacial score (nSPS) is 23.1. The maximum absolute atomic E-state index is 5.33. The van der Waals surface area contributed by atoms with E-state index in [1.807, 2.05) is 6.07 Å². The highest BCUT2D eigenvalue weighted by atomic mass is 16.5. The van der Waals surface area contributed by atoms with E-state index in [0.717, 1.165) is 30.9 Å². The van der Waals surface area contributed by atoms with Crippen molar-refractivity contribution in [2.24, 2.45) is 0 Å². The van der Waals surface area contributed by atoms with Gasteiger partial charge in [0.15, 0.2) is 0 Å². The van der Waals surface area contributed by atoms with Gasteiger partial charge in [-0.2, -0.15) is 0 Å². The van der Waals surface area contributed by atoms with Crippen molar-refractivity contribution in [1.82, 2.24) is 5.32 Å². The van der Waals surface area contributed by atoms with Crippen LogP contribution in [-0.2, 0) is 6.42 Å². The number of methoxy groups -OCH3 is 2. The molecule has 1 saturated heterocycles. The zero-order valence-electron chi connectivity index (χ0n) is 11.6. The van der Waals surface area contributed by atoms with E-state index >= 15 is 0 Å². The summed E-state index contributed by atoms with van der Waals surface area (Å²) in [5.74, 6) is 1.74. The van der Waals surface area contributed by atoms with Crippen LogP contribution in [-0.4, -0.2) is 26.3 Å². The predicted octanol–water partition coefficient (Wildman–Crippen LogP) is 2.78. The quantitative estimate of drug-likeness (QED) is 0.870. The molecule has 1 fully saturated rings. The van der Waals surface area contributed by atoms with Crippen molar-refractivity contribution in [2.45, 2.75) is 38.1 Å². The maximum Gasteiger partial charge on any atom is 0.122 e. The number of hydrogen-bond acceptors (Lipinski definition) is 3. The average Bonchev–Trinajstić information content (AvgIpc) is 2.87. The highest BCUT2D eigenvalue weighted by Crippen LogP contribution is 2.30. The van der Waals surface area contributed by atoms with Gasteiger partial charge in [-0.1, -0.05) is 6.92 Å². The molecule has 1 aromatic carbocycles. The zero-order valence-corrected chi connectivity index (χ0v) is 11.6. The van der Waals surface area contributed by atoms with Crippen LogP contribution >= 0.6 is 0 Å². The zero-order chi connectivity index (χ0) is 13.0. The smallest absolute Gasteiger partial charge is 0.122 e. The first kappa shape index (κ1) is 13.2. The summed E-state index contributed by atoms with van der Waals surface area (Å²) < 4.78 is 10.7. The molecule has 0 aromatic heterocycles. The van der Waals surface area contributed by atoms with E-state index in [-0.39, 0.29) is 5.54 Å². The van der Waals surface area contributed by atoms with Gasteiger partial charge in [0.05, 0.1) is 14.2 Å². The number of ether oxygens (including phenoxy) is 2. The standard InChI is InChI=1S/C15H23NO2/c1-4-15(6-5-7-16-15)11-12-8-13(17-2)10-14(9-12)18-3/h8-10,16H,4-7,11H2,1-3H3. The molecule has 2 rings (SSSR count). The first-order chi connectivity index (χ1) is 8.71. The van der Waals surface area contributed by atoms with Crippen molar-refractivity contribution in [3.05, 3.63) is 23.8 Å². The minimum Gasteiger partial charge on any atom is -0.497 e. The molecule has 100 valence electrons. The number of rotatable bonds is 5. The van der Waals surface area contributed by atoms with Gasteiger partial charge in [0, 0.05) is 11.6 Å². The third-order valence-electron chi connectivity index (χ3n) is 3.96. The largest absolute Gasteiger partial charge is 0.497 e. The van der Waals surface area contributed by atoms with Crippen molar-refractivity contribution in [1.29, 1.82) is 0 Å². The molecule has 0 spiro atoms. The third kappa shape index (κ3) is 2.78. The molecule has 3 heteroatoms. The molecule has 1 aliphatic rings. The lowest BCUT2D eigenvalue weighted by molar-refractivity contribution is 0.356. The van der Waals surface area contributed by atoms with E-state index in [1.165, 1.54) is 18.4 Å². The number of benzene rings is 1. The van der Waals surface area contributed by atoms with Crippen LogP contribution in [0.4, 0.5) is 0 Å². The minimum atomic E-state index is 0.261. The molecule has 1 aliphatic heterocycles. The van der Waals surface area contributed by atoms with Crippen LogP contribution in [0.3, 0.4) is 0 Å². The molecular weight excluding hydrogens is 226 g/mol. The molecule has 0 aliphatic carbocycles. The molecule has 1 unspecified atom stereocenters. The lowest BCUT2D eigenvalue weighted by atomic mass is 9.87. The van der Waals surface area contributed by atoms with Crippen LogP contribution in [0.1, 0.15) is 31.7 Å². The molecule has 1 N–H and O–H groups in total. The summed E-state index contributed by atoms with van der Waals surface area (Å²) in [4.78, 5) is 0. The third-order valence-corrected chi connectivity index (χ3v) is 3.96. The van der Waals surface area contributed by atoms with Gasteiger partial charge in [-0.15, -0.1) is 0 Å². The molecule has 0 radical (unpaired) electrons. The second-order valence-corrected chi connectivity index (χ2v) is 5.06. The second kappa shape index (κ2) is 5.61. The lowest BCUT2D eigenvalue weighted by Gasteiger charge is -2.28. The Hall–Kier alpha value is -1.22. The summed E-state index contributed by atoms with van der Waals surface area (Å²) in [7, 11) is 3.39. The topological polar surface area (TPSA) is 30.5 Å². The Labute approximate surface area is 109 Å². The van der Waals surface area contributed by atoms with Crippen LogP contribution in [0.25, 0.3) is 0 Å². The first-order valence-corrected chi connectivity index (χ1v) is 6.68. The van der Waals surface area contributed by atoms with Gasteiger partial charge >= 0.3 is 0 Å². The van der Waals surface area contributed by atoms with E-state index in [9.17, 15) is 0 Å². The fourth-order valence-corrected chi connectivity index (χ4v) is 2.81. The van der Waals surface area contributed by atoms with Gasteiger partial charge in [-0.05, 0) is 49.9 Å². The molecular formula is C15H23NO2. The van der Waals surface area contributed by atoms with Crippen LogP contribution in [0.15, 0.2) is 18.2 Å². The van der Waals surface area contributed by atoms with Crippen molar-refractivity contribution in [3.63, 3.8) is 0 Å². The molecule has 0 amide bonds. The van der Waals surface area contributed by atoms with Gasteiger partial charge in [0.1, 0.15) is 11.5 Å². The number of hydrogen-bond donors (Lipinski definition) is 1. The fourth-order valence-electron chi connectivity index (χ4n) is 2.81. The summed E-state index contributed by atoms with van der Waals surface area (Å²) in [5.41, 5.74) is 1.54. The minimum absolute atomic E-state index is 0.261. The van der Waals surface area contributed by atoms with Crippen LogP contribution in [0, 0.1) is 0 Å². The van der Waals surface area contributed by atoms with Crippen molar-refractivity contribution < 1.29 is 9.47 Å². The second-order valence-electron chi connectivity index (χ2n) is 5.06. The highest BCUT2D eigenvalue weighted by Gasteiger charge is 2.31. The summed E-state index contributed by atoms with van der Waals surface area (Å²) in [6.07, 6.45) is 4.72. The van der Waals surface area contributed by atoms with E-state index in [4.69, 9.17) is 9.47 Å². The Morgan fingerprint density at radius 1 is 1.17 bits per heavy atom. The van der Waals surface area contributed by atoms with Gasteiger partial charge < -0.3 is 14.8 Å². The summed E-state index contributed by atoms with van der Waals surface area (Å²) in [6, 6.07) is 6.14. The summed E-state index contributed by atoms with van der Waals surface area (Å²) in [6.45, 7) is 3.39.